The second-order valence-corrected chi connectivity index (χ2v) is 4.48. The van der Waals surface area contributed by atoms with E-state index in [1.54, 1.807) is 7.11 Å². The summed E-state index contributed by atoms with van der Waals surface area (Å²) in [5, 5.41) is 6.30. The van der Waals surface area contributed by atoms with Crippen LogP contribution in [0.15, 0.2) is 6.07 Å². The molecule has 0 bridgehead atoms. The molecule has 2 N–H and O–H groups in total. The lowest BCUT2D eigenvalue weighted by atomic mass is 10.3. The number of hydrogen-bond acceptors (Lipinski definition) is 6. The van der Waals surface area contributed by atoms with E-state index in [9.17, 15) is 0 Å². The first kappa shape index (κ1) is 16.7. The number of ether oxygens (including phenoxy) is 2. The zero-order valence-electron chi connectivity index (χ0n) is 12.7. The second-order valence-electron chi connectivity index (χ2n) is 4.48. The van der Waals surface area contributed by atoms with Crippen molar-refractivity contribution in [2.45, 2.75) is 32.8 Å². The van der Waals surface area contributed by atoms with Crippen LogP contribution in [0.2, 0.25) is 0 Å². The Morgan fingerprint density at radius 2 is 1.90 bits per heavy atom. The molecule has 0 saturated heterocycles. The zero-order valence-corrected chi connectivity index (χ0v) is 12.7. The molecule has 0 aliphatic rings. The van der Waals surface area contributed by atoms with E-state index >= 15 is 0 Å². The summed E-state index contributed by atoms with van der Waals surface area (Å²) in [6, 6.07) is 1.89. The highest BCUT2D eigenvalue weighted by Gasteiger charge is 2.03. The monoisotopic (exact) mass is 282 g/mol. The first-order chi connectivity index (χ1) is 9.80. The minimum atomic E-state index is 0.407. The Morgan fingerprint density at radius 1 is 1.15 bits per heavy atom. The summed E-state index contributed by atoms with van der Waals surface area (Å²) >= 11 is 0. The van der Waals surface area contributed by atoms with Crippen molar-refractivity contribution < 1.29 is 9.47 Å². The van der Waals surface area contributed by atoms with Crippen LogP contribution in [0.5, 0.6) is 0 Å². The summed E-state index contributed by atoms with van der Waals surface area (Å²) in [7, 11) is 3.47. The summed E-state index contributed by atoms with van der Waals surface area (Å²) in [5.74, 6) is 2.26. The van der Waals surface area contributed by atoms with Crippen molar-refractivity contribution in [3.8, 4) is 0 Å². The Bertz CT molecular complexity index is 374. The molecule has 1 heterocycles. The van der Waals surface area contributed by atoms with Crippen LogP contribution in [0.1, 0.15) is 32.0 Å². The molecule has 1 rings (SSSR count). The van der Waals surface area contributed by atoms with Gasteiger partial charge in [-0.05, 0) is 12.8 Å². The fourth-order valence-corrected chi connectivity index (χ4v) is 1.65. The van der Waals surface area contributed by atoms with Gasteiger partial charge in [-0.25, -0.2) is 9.97 Å². The van der Waals surface area contributed by atoms with E-state index in [-0.39, 0.29) is 0 Å². The maximum atomic E-state index is 5.51. The van der Waals surface area contributed by atoms with E-state index < -0.39 is 0 Å². The normalized spacial score (nSPS) is 10.6. The third-order valence-electron chi connectivity index (χ3n) is 2.72. The highest BCUT2D eigenvalue weighted by molar-refractivity contribution is 5.47. The molecule has 1 aromatic heterocycles. The van der Waals surface area contributed by atoms with Gasteiger partial charge in [0.05, 0.1) is 0 Å². The maximum absolute atomic E-state index is 5.51. The van der Waals surface area contributed by atoms with Gasteiger partial charge in [0, 0.05) is 40.0 Å². The molecule has 0 spiro atoms. The first-order valence-corrected chi connectivity index (χ1v) is 7.16. The van der Waals surface area contributed by atoms with Gasteiger partial charge in [-0.1, -0.05) is 13.3 Å². The zero-order chi connectivity index (χ0) is 14.6. The molecule has 0 unspecified atom stereocenters. The number of unbranched alkanes of at least 4 members (excludes halogenated alkanes) is 1. The van der Waals surface area contributed by atoms with Crippen LogP contribution in [-0.4, -0.2) is 43.9 Å². The lowest BCUT2D eigenvalue weighted by Crippen LogP contribution is -2.10. The highest BCUT2D eigenvalue weighted by atomic mass is 16.5. The Hall–Kier alpha value is -1.40. The van der Waals surface area contributed by atoms with Gasteiger partial charge in [0.2, 0.25) is 0 Å². The van der Waals surface area contributed by atoms with E-state index in [1.807, 2.05) is 13.1 Å². The molecule has 0 aliphatic heterocycles. The lowest BCUT2D eigenvalue weighted by molar-refractivity contribution is 0.131. The van der Waals surface area contributed by atoms with E-state index in [2.05, 4.69) is 27.5 Å². The number of methoxy groups -OCH3 is 1. The first-order valence-electron chi connectivity index (χ1n) is 7.16. The summed E-state index contributed by atoms with van der Waals surface area (Å²) in [5.41, 5.74) is 0. The highest BCUT2D eigenvalue weighted by Crippen LogP contribution is 2.11. The molecule has 6 nitrogen and oxygen atoms in total. The molecular weight excluding hydrogens is 256 g/mol. The van der Waals surface area contributed by atoms with Gasteiger partial charge in [0.1, 0.15) is 18.2 Å². The Balaban J connectivity index is 2.33. The van der Waals surface area contributed by atoms with E-state index in [0.717, 1.165) is 44.2 Å². The van der Waals surface area contributed by atoms with E-state index in [1.165, 1.54) is 6.42 Å². The average molecular weight is 282 g/mol. The van der Waals surface area contributed by atoms with Crippen LogP contribution in [0.25, 0.3) is 0 Å². The Morgan fingerprint density at radius 3 is 2.60 bits per heavy atom. The molecule has 114 valence electrons. The lowest BCUT2D eigenvalue weighted by Gasteiger charge is -2.09. The average Bonchev–Trinajstić information content (AvgIpc) is 2.46. The third kappa shape index (κ3) is 6.68. The Kier molecular flexibility index (Phi) is 8.66. The number of nitrogens with one attached hydrogen (secondary N) is 2. The van der Waals surface area contributed by atoms with E-state index in [4.69, 9.17) is 9.47 Å². The van der Waals surface area contributed by atoms with Crippen molar-refractivity contribution in [3.63, 3.8) is 0 Å². The molecule has 20 heavy (non-hydrogen) atoms. The topological polar surface area (TPSA) is 68.3 Å². The standard InChI is InChI=1S/C14H26N4O2/c1-4-5-8-20-9-6-7-16-13-10-12(15-2)17-14(18-13)11-19-3/h10H,4-9,11H2,1-3H3,(H2,15,16,17,18). The van der Waals surface area contributed by atoms with Crippen LogP contribution in [-0.2, 0) is 16.1 Å². The van der Waals surface area contributed by atoms with Crippen LogP contribution in [0.3, 0.4) is 0 Å². The Labute approximate surface area is 121 Å². The fraction of sp³-hybridized carbons (Fsp3) is 0.714. The van der Waals surface area contributed by atoms with Crippen molar-refractivity contribution in [3.05, 3.63) is 11.9 Å². The maximum Gasteiger partial charge on any atom is 0.158 e. The fourth-order valence-electron chi connectivity index (χ4n) is 1.65. The largest absolute Gasteiger partial charge is 0.381 e. The molecule has 1 aromatic rings. The van der Waals surface area contributed by atoms with Gasteiger partial charge in [-0.15, -0.1) is 0 Å². The molecule has 0 saturated carbocycles. The van der Waals surface area contributed by atoms with Gasteiger partial charge in [-0.2, -0.15) is 0 Å². The number of aromatic nitrogens is 2. The molecule has 0 atom stereocenters. The predicted octanol–water partition coefficient (Wildman–Crippen LogP) is 2.28. The summed E-state index contributed by atoms with van der Waals surface area (Å²) in [6.45, 7) is 5.04. The van der Waals surface area contributed by atoms with Crippen molar-refractivity contribution >= 4 is 11.6 Å². The molecule has 0 radical (unpaired) electrons. The van der Waals surface area contributed by atoms with Crippen LogP contribution in [0, 0.1) is 0 Å². The van der Waals surface area contributed by atoms with Gasteiger partial charge < -0.3 is 20.1 Å². The SMILES string of the molecule is CCCCOCCCNc1cc(NC)nc(COC)n1. The summed E-state index contributed by atoms with van der Waals surface area (Å²) in [6.07, 6.45) is 3.27. The number of hydrogen-bond donors (Lipinski definition) is 2. The molecule has 0 aliphatic carbocycles. The number of anilines is 2. The smallest absolute Gasteiger partial charge is 0.158 e. The van der Waals surface area contributed by atoms with Gasteiger partial charge in [0.15, 0.2) is 5.82 Å². The number of nitrogens with zero attached hydrogens (tertiary/aromatic N) is 2. The van der Waals surface area contributed by atoms with Gasteiger partial charge in [0.25, 0.3) is 0 Å². The quantitative estimate of drug-likeness (QED) is 0.607. The molecule has 0 amide bonds. The van der Waals surface area contributed by atoms with Crippen LogP contribution in [0.4, 0.5) is 11.6 Å². The number of rotatable bonds is 11. The molecule has 0 fully saturated rings. The minimum Gasteiger partial charge on any atom is -0.381 e. The van der Waals surface area contributed by atoms with Gasteiger partial charge >= 0.3 is 0 Å². The van der Waals surface area contributed by atoms with E-state index in [0.29, 0.717) is 12.4 Å². The van der Waals surface area contributed by atoms with Crippen LogP contribution >= 0.6 is 0 Å². The molecular formula is C14H26N4O2. The predicted molar refractivity (Wildman–Crippen MR) is 81.1 cm³/mol. The van der Waals surface area contributed by atoms with Crippen molar-refractivity contribution in [1.29, 1.82) is 0 Å². The van der Waals surface area contributed by atoms with Crippen molar-refractivity contribution in [2.24, 2.45) is 0 Å². The van der Waals surface area contributed by atoms with Gasteiger partial charge in [-0.3, -0.25) is 0 Å². The minimum absolute atomic E-state index is 0.407. The van der Waals surface area contributed by atoms with Crippen molar-refractivity contribution in [2.75, 3.05) is 44.5 Å². The van der Waals surface area contributed by atoms with Crippen LogP contribution < -0.4 is 10.6 Å². The second kappa shape index (κ2) is 10.4. The third-order valence-corrected chi connectivity index (χ3v) is 2.72. The molecule has 0 aromatic carbocycles. The summed E-state index contributed by atoms with van der Waals surface area (Å²) in [4.78, 5) is 8.70. The van der Waals surface area contributed by atoms with Crippen molar-refractivity contribution in [1.82, 2.24) is 9.97 Å². The summed E-state index contributed by atoms with van der Waals surface area (Å²) < 4.78 is 10.6. The molecule has 6 heteroatoms.